The molecule has 0 spiro atoms. The molecule has 2 fully saturated rings. The maximum atomic E-state index is 12.7. The van der Waals surface area contributed by atoms with E-state index in [-0.39, 0.29) is 42.5 Å². The molecule has 2 aromatic rings. The minimum Gasteiger partial charge on any atom is -0.381 e. The number of benzene rings is 1. The molecule has 9 nitrogen and oxygen atoms in total. The predicted molar refractivity (Wildman–Crippen MR) is 138 cm³/mol. The van der Waals surface area contributed by atoms with E-state index in [2.05, 4.69) is 39.7 Å². The van der Waals surface area contributed by atoms with Crippen LogP contribution in [0.5, 0.6) is 0 Å². The van der Waals surface area contributed by atoms with E-state index in [1.54, 1.807) is 22.8 Å². The lowest BCUT2D eigenvalue weighted by atomic mass is 10.1. The summed E-state index contributed by atoms with van der Waals surface area (Å²) in [5.41, 5.74) is 3.14. The number of aryl methyl sites for hydroxylation is 1. The molecule has 2 aliphatic heterocycles. The average Bonchev–Trinajstić information content (AvgIpc) is 3.25. The van der Waals surface area contributed by atoms with Gasteiger partial charge in [-0.1, -0.05) is 24.3 Å². The van der Waals surface area contributed by atoms with Crippen LogP contribution in [0.25, 0.3) is 0 Å². The number of anilines is 1. The van der Waals surface area contributed by atoms with Crippen LogP contribution < -0.4 is 10.2 Å². The van der Waals surface area contributed by atoms with E-state index in [4.69, 9.17) is 9.47 Å². The lowest BCUT2D eigenvalue weighted by molar-refractivity contribution is -0.120. The number of hydrogen-bond acceptors (Lipinski definition) is 5. The first kappa shape index (κ1) is 25.4. The molecule has 1 amide bonds. The third kappa shape index (κ3) is 6.90. The molecular weight excluding hydrogens is 535 g/mol. The predicted octanol–water partition coefficient (Wildman–Crippen LogP) is 2.16. The second-order valence-electron chi connectivity index (χ2n) is 8.18. The second kappa shape index (κ2) is 12.3. The Labute approximate surface area is 212 Å². The molecule has 2 saturated heterocycles. The molecule has 1 aromatic carbocycles. The summed E-state index contributed by atoms with van der Waals surface area (Å²) < 4.78 is 13.1. The molecule has 33 heavy (non-hydrogen) atoms. The number of carbonyl (C=O) groups is 1. The fourth-order valence-corrected chi connectivity index (χ4v) is 4.07. The molecule has 0 radical (unpaired) electrons. The van der Waals surface area contributed by atoms with Gasteiger partial charge in [-0.25, -0.2) is 0 Å². The number of aromatic nitrogens is 2. The van der Waals surface area contributed by atoms with Crippen molar-refractivity contribution in [1.82, 2.24) is 20.0 Å². The highest BCUT2D eigenvalue weighted by molar-refractivity contribution is 14.0. The van der Waals surface area contributed by atoms with Crippen LogP contribution in [-0.2, 0) is 34.5 Å². The zero-order valence-corrected chi connectivity index (χ0v) is 21.6. The summed E-state index contributed by atoms with van der Waals surface area (Å²) in [7, 11) is 3.60. The van der Waals surface area contributed by atoms with Gasteiger partial charge in [-0.3, -0.25) is 14.5 Å². The summed E-state index contributed by atoms with van der Waals surface area (Å²) in [5, 5.41) is 7.56. The molecule has 0 atom stereocenters. The smallest absolute Gasteiger partial charge is 0.246 e. The Morgan fingerprint density at radius 3 is 2.76 bits per heavy atom. The number of aliphatic imine (C=N–C) groups is 1. The first-order valence-electron chi connectivity index (χ1n) is 11.1. The van der Waals surface area contributed by atoms with E-state index < -0.39 is 0 Å². The van der Waals surface area contributed by atoms with E-state index in [0.29, 0.717) is 26.2 Å². The lowest BCUT2D eigenvalue weighted by Crippen LogP contribution is -2.55. The van der Waals surface area contributed by atoms with Crippen LogP contribution in [0.4, 0.5) is 5.69 Å². The van der Waals surface area contributed by atoms with Crippen LogP contribution in [0.3, 0.4) is 0 Å². The fourth-order valence-electron chi connectivity index (χ4n) is 4.07. The Kier molecular flexibility index (Phi) is 9.51. The molecule has 4 rings (SSSR count). The monoisotopic (exact) mass is 568 g/mol. The van der Waals surface area contributed by atoms with Crippen LogP contribution in [0.2, 0.25) is 0 Å². The zero-order valence-electron chi connectivity index (χ0n) is 19.3. The highest BCUT2D eigenvalue weighted by Gasteiger charge is 2.27. The van der Waals surface area contributed by atoms with Crippen molar-refractivity contribution in [1.29, 1.82) is 0 Å². The van der Waals surface area contributed by atoms with Gasteiger partial charge >= 0.3 is 0 Å². The van der Waals surface area contributed by atoms with Crippen LogP contribution in [0.15, 0.2) is 41.7 Å². The summed E-state index contributed by atoms with van der Waals surface area (Å²) in [6.45, 7) is 4.41. The van der Waals surface area contributed by atoms with Crippen molar-refractivity contribution in [2.75, 3.05) is 44.8 Å². The molecule has 0 aliphatic carbocycles. The van der Waals surface area contributed by atoms with E-state index in [9.17, 15) is 4.79 Å². The summed E-state index contributed by atoms with van der Waals surface area (Å²) in [6, 6.07) is 8.39. The molecule has 0 saturated carbocycles. The van der Waals surface area contributed by atoms with Crippen molar-refractivity contribution in [2.24, 2.45) is 12.0 Å². The highest BCUT2D eigenvalue weighted by Crippen LogP contribution is 2.17. The first-order valence-corrected chi connectivity index (χ1v) is 11.1. The van der Waals surface area contributed by atoms with Gasteiger partial charge in [0.05, 0.1) is 24.6 Å². The number of hydrogen-bond donors (Lipinski definition) is 1. The Balaban J connectivity index is 0.00000306. The maximum Gasteiger partial charge on any atom is 0.246 e. The van der Waals surface area contributed by atoms with E-state index in [1.165, 1.54) is 0 Å². The van der Waals surface area contributed by atoms with Crippen molar-refractivity contribution < 1.29 is 14.3 Å². The average molecular weight is 568 g/mol. The summed E-state index contributed by atoms with van der Waals surface area (Å²) >= 11 is 0. The fraction of sp³-hybridized carbons (Fsp3) is 0.522. The molecule has 180 valence electrons. The number of rotatable bonds is 6. The second-order valence-corrected chi connectivity index (χ2v) is 8.18. The molecule has 1 N–H and O–H groups in total. The largest absolute Gasteiger partial charge is 0.381 e. The van der Waals surface area contributed by atoms with E-state index in [1.807, 2.05) is 18.1 Å². The molecule has 0 bridgehead atoms. The number of halogens is 1. The normalized spacial score (nSPS) is 17.8. The van der Waals surface area contributed by atoms with Crippen LogP contribution in [0.1, 0.15) is 24.0 Å². The summed E-state index contributed by atoms with van der Waals surface area (Å²) in [4.78, 5) is 20.9. The van der Waals surface area contributed by atoms with Crippen molar-refractivity contribution in [2.45, 2.75) is 32.1 Å². The summed E-state index contributed by atoms with van der Waals surface area (Å²) in [5.74, 6) is 0.771. The quantitative estimate of drug-likeness (QED) is 0.327. The third-order valence-electron chi connectivity index (χ3n) is 5.83. The minimum atomic E-state index is 0. The topological polar surface area (TPSA) is 84.2 Å². The summed E-state index contributed by atoms with van der Waals surface area (Å²) in [6.07, 6.45) is 5.79. The van der Waals surface area contributed by atoms with Crippen molar-refractivity contribution in [3.63, 3.8) is 0 Å². The van der Waals surface area contributed by atoms with Gasteiger partial charge in [0.2, 0.25) is 5.91 Å². The van der Waals surface area contributed by atoms with Crippen molar-refractivity contribution >= 4 is 41.5 Å². The van der Waals surface area contributed by atoms with Gasteiger partial charge < -0.3 is 24.6 Å². The number of nitrogens with one attached hydrogen (secondary N) is 1. The number of nitrogens with zero attached hydrogens (tertiary/aromatic N) is 5. The van der Waals surface area contributed by atoms with Crippen LogP contribution in [0, 0.1) is 0 Å². The van der Waals surface area contributed by atoms with Gasteiger partial charge in [-0.2, -0.15) is 5.10 Å². The number of guanidine groups is 1. The number of piperazine rings is 1. The minimum absolute atomic E-state index is 0. The van der Waals surface area contributed by atoms with Crippen LogP contribution >= 0.6 is 24.0 Å². The molecule has 0 unspecified atom stereocenters. The standard InChI is InChI=1S/C23H32N6O3.HI/c1-24-23(28-8-9-29(22(30)16-28)20-14-26-27(2)15-20)25-13-18-4-3-5-19(12-18)17-32-21-6-10-31-11-7-21;/h3-5,12,14-15,21H,6-11,13,16-17H2,1-2H3,(H,24,25);1H. The lowest BCUT2D eigenvalue weighted by Gasteiger charge is -2.35. The Hall–Kier alpha value is -2.18. The number of carbonyl (C=O) groups excluding carboxylic acids is 1. The van der Waals surface area contributed by atoms with Gasteiger partial charge in [-0.15, -0.1) is 24.0 Å². The molecular formula is C23H33IN6O3. The van der Waals surface area contributed by atoms with Gasteiger partial charge in [-0.05, 0) is 24.0 Å². The third-order valence-corrected chi connectivity index (χ3v) is 5.83. The van der Waals surface area contributed by atoms with Gasteiger partial charge in [0, 0.05) is 53.1 Å². The van der Waals surface area contributed by atoms with Gasteiger partial charge in [0.25, 0.3) is 0 Å². The Morgan fingerprint density at radius 2 is 2.06 bits per heavy atom. The Bertz CT molecular complexity index is 944. The Morgan fingerprint density at radius 1 is 1.27 bits per heavy atom. The van der Waals surface area contributed by atoms with Gasteiger partial charge in [0.15, 0.2) is 5.96 Å². The van der Waals surface area contributed by atoms with Crippen molar-refractivity contribution in [3.05, 3.63) is 47.8 Å². The molecule has 1 aromatic heterocycles. The highest BCUT2D eigenvalue weighted by atomic mass is 127. The maximum absolute atomic E-state index is 12.7. The van der Waals surface area contributed by atoms with E-state index >= 15 is 0 Å². The molecule has 2 aliphatic rings. The number of ether oxygens (including phenoxy) is 2. The van der Waals surface area contributed by atoms with Gasteiger partial charge in [0.1, 0.15) is 6.54 Å². The number of amides is 1. The SMILES string of the molecule is CN=C(NCc1cccc(COC2CCOCC2)c1)N1CCN(c2cnn(C)c2)C(=O)C1.I. The molecule has 10 heteroatoms. The zero-order chi connectivity index (χ0) is 22.3. The van der Waals surface area contributed by atoms with E-state index in [0.717, 1.165) is 48.8 Å². The van der Waals surface area contributed by atoms with Crippen molar-refractivity contribution in [3.8, 4) is 0 Å². The van der Waals surface area contributed by atoms with Crippen LogP contribution in [-0.4, -0.2) is 72.5 Å². The molecule has 3 heterocycles. The first-order chi connectivity index (χ1) is 15.6.